The van der Waals surface area contributed by atoms with E-state index in [1.807, 2.05) is 30.3 Å². The molecule has 0 aromatic heterocycles. The molecule has 1 atom stereocenters. The summed E-state index contributed by atoms with van der Waals surface area (Å²) in [4.78, 5) is 11.9. The Hall–Kier alpha value is -1.15. The summed E-state index contributed by atoms with van der Waals surface area (Å²) in [5.74, 6) is 0.816. The molecule has 1 aromatic carbocycles. The van der Waals surface area contributed by atoms with Crippen molar-refractivity contribution >= 4 is 5.78 Å². The lowest BCUT2D eigenvalue weighted by Gasteiger charge is -2.21. The van der Waals surface area contributed by atoms with Gasteiger partial charge < -0.3 is 5.32 Å². The van der Waals surface area contributed by atoms with Gasteiger partial charge in [0.2, 0.25) is 0 Å². The smallest absolute Gasteiger partial charge is 0.163 e. The van der Waals surface area contributed by atoms with E-state index in [0.29, 0.717) is 12.3 Å². The minimum absolute atomic E-state index is 0.282. The molecular formula is C13H17NO. The second kappa shape index (κ2) is 5.08. The lowest BCUT2D eigenvalue weighted by atomic mass is 9.92. The number of Topliss-reactive ketones (excluding diaryl/α,β-unsaturated/α-hetero) is 1. The minimum Gasteiger partial charge on any atom is -0.316 e. The largest absolute Gasteiger partial charge is 0.316 e. The van der Waals surface area contributed by atoms with Crippen LogP contribution in [0.2, 0.25) is 0 Å². The first-order valence-electron chi connectivity index (χ1n) is 5.65. The van der Waals surface area contributed by atoms with Gasteiger partial charge in [0.15, 0.2) is 5.78 Å². The van der Waals surface area contributed by atoms with Crippen LogP contribution in [0.5, 0.6) is 0 Å². The van der Waals surface area contributed by atoms with Crippen LogP contribution in [-0.4, -0.2) is 18.9 Å². The van der Waals surface area contributed by atoms with E-state index < -0.39 is 0 Å². The fourth-order valence-corrected chi connectivity index (χ4v) is 2.10. The highest BCUT2D eigenvalue weighted by Gasteiger charge is 2.17. The molecule has 1 aliphatic heterocycles. The van der Waals surface area contributed by atoms with Crippen molar-refractivity contribution < 1.29 is 4.79 Å². The number of hydrogen-bond donors (Lipinski definition) is 1. The molecular weight excluding hydrogens is 186 g/mol. The van der Waals surface area contributed by atoms with E-state index >= 15 is 0 Å². The van der Waals surface area contributed by atoms with Crippen LogP contribution in [-0.2, 0) is 0 Å². The molecule has 15 heavy (non-hydrogen) atoms. The van der Waals surface area contributed by atoms with Gasteiger partial charge >= 0.3 is 0 Å². The number of benzene rings is 1. The number of carbonyl (C=O) groups excluding carboxylic acids is 1. The summed E-state index contributed by atoms with van der Waals surface area (Å²) in [6.45, 7) is 2.11. The molecule has 1 fully saturated rings. The maximum Gasteiger partial charge on any atom is 0.163 e. The molecule has 1 aliphatic rings. The minimum atomic E-state index is 0.282. The highest BCUT2D eigenvalue weighted by atomic mass is 16.1. The molecule has 2 heteroatoms. The fraction of sp³-hybridized carbons (Fsp3) is 0.462. The van der Waals surface area contributed by atoms with Crippen LogP contribution in [0, 0.1) is 5.92 Å². The van der Waals surface area contributed by atoms with Gasteiger partial charge in [-0.15, -0.1) is 0 Å². The Morgan fingerprint density at radius 3 is 2.80 bits per heavy atom. The predicted molar refractivity (Wildman–Crippen MR) is 61.0 cm³/mol. The quantitative estimate of drug-likeness (QED) is 0.763. The number of rotatable bonds is 3. The van der Waals surface area contributed by atoms with Crippen molar-refractivity contribution in [3.63, 3.8) is 0 Å². The summed E-state index contributed by atoms with van der Waals surface area (Å²) in [6.07, 6.45) is 3.08. The van der Waals surface area contributed by atoms with Gasteiger partial charge in [0.25, 0.3) is 0 Å². The van der Waals surface area contributed by atoms with Crippen molar-refractivity contribution in [3.05, 3.63) is 35.9 Å². The lowest BCUT2D eigenvalue weighted by Crippen LogP contribution is -2.31. The Bertz CT molecular complexity index is 315. The van der Waals surface area contributed by atoms with Gasteiger partial charge in [0, 0.05) is 12.0 Å². The zero-order chi connectivity index (χ0) is 10.5. The number of piperidine rings is 1. The number of nitrogens with one attached hydrogen (secondary N) is 1. The van der Waals surface area contributed by atoms with Gasteiger partial charge in [-0.2, -0.15) is 0 Å². The highest BCUT2D eigenvalue weighted by molar-refractivity contribution is 5.96. The molecule has 1 saturated heterocycles. The summed E-state index contributed by atoms with van der Waals surface area (Å²) in [5.41, 5.74) is 0.850. The predicted octanol–water partition coefficient (Wildman–Crippen LogP) is 2.26. The van der Waals surface area contributed by atoms with E-state index in [1.165, 1.54) is 12.8 Å². The van der Waals surface area contributed by atoms with Gasteiger partial charge in [-0.3, -0.25) is 4.79 Å². The van der Waals surface area contributed by atoms with Crippen molar-refractivity contribution in [2.45, 2.75) is 19.3 Å². The molecule has 80 valence electrons. The third-order valence-electron chi connectivity index (χ3n) is 2.97. The molecule has 0 aliphatic carbocycles. The Balaban J connectivity index is 1.91. The van der Waals surface area contributed by atoms with Gasteiger partial charge in [-0.05, 0) is 31.8 Å². The van der Waals surface area contributed by atoms with Crippen molar-refractivity contribution in [1.29, 1.82) is 0 Å². The van der Waals surface area contributed by atoms with Gasteiger partial charge in [0.1, 0.15) is 0 Å². The Morgan fingerprint density at radius 1 is 1.33 bits per heavy atom. The van der Waals surface area contributed by atoms with Crippen molar-refractivity contribution in [2.75, 3.05) is 13.1 Å². The molecule has 1 N–H and O–H groups in total. The third-order valence-corrected chi connectivity index (χ3v) is 2.97. The van der Waals surface area contributed by atoms with E-state index in [9.17, 15) is 4.79 Å². The van der Waals surface area contributed by atoms with E-state index in [1.54, 1.807) is 0 Å². The van der Waals surface area contributed by atoms with Crippen LogP contribution in [0.4, 0.5) is 0 Å². The lowest BCUT2D eigenvalue weighted by molar-refractivity contribution is 0.0954. The normalized spacial score (nSPS) is 21.2. The number of carbonyl (C=O) groups is 1. The molecule has 0 unspecified atom stereocenters. The summed E-state index contributed by atoms with van der Waals surface area (Å²) in [5, 5.41) is 3.34. The maximum absolute atomic E-state index is 11.9. The SMILES string of the molecule is O=C(C[C@@H]1CCCNC1)c1ccccc1. The fourth-order valence-electron chi connectivity index (χ4n) is 2.10. The van der Waals surface area contributed by atoms with Crippen LogP contribution in [0.15, 0.2) is 30.3 Å². The molecule has 0 spiro atoms. The molecule has 0 bridgehead atoms. The van der Waals surface area contributed by atoms with Gasteiger partial charge in [-0.25, -0.2) is 0 Å². The molecule has 2 nitrogen and oxygen atoms in total. The number of ketones is 1. The highest BCUT2D eigenvalue weighted by Crippen LogP contribution is 2.16. The molecule has 1 aromatic rings. The maximum atomic E-state index is 11.9. The monoisotopic (exact) mass is 203 g/mol. The summed E-state index contributed by atoms with van der Waals surface area (Å²) in [7, 11) is 0. The second-order valence-corrected chi connectivity index (χ2v) is 4.21. The van der Waals surface area contributed by atoms with Crippen molar-refractivity contribution in [1.82, 2.24) is 5.32 Å². The Labute approximate surface area is 90.7 Å². The zero-order valence-corrected chi connectivity index (χ0v) is 8.91. The average Bonchev–Trinajstić information content (AvgIpc) is 2.31. The first-order valence-corrected chi connectivity index (χ1v) is 5.65. The summed E-state index contributed by atoms with van der Waals surface area (Å²) < 4.78 is 0. The van der Waals surface area contributed by atoms with E-state index in [0.717, 1.165) is 18.7 Å². The van der Waals surface area contributed by atoms with E-state index in [4.69, 9.17) is 0 Å². The topological polar surface area (TPSA) is 29.1 Å². The molecule has 1 heterocycles. The summed E-state index contributed by atoms with van der Waals surface area (Å²) in [6, 6.07) is 9.59. The van der Waals surface area contributed by atoms with Crippen LogP contribution in [0.3, 0.4) is 0 Å². The van der Waals surface area contributed by atoms with E-state index in [-0.39, 0.29) is 5.78 Å². The first kappa shape index (κ1) is 10.4. The first-order chi connectivity index (χ1) is 7.36. The van der Waals surface area contributed by atoms with Gasteiger partial charge in [-0.1, -0.05) is 30.3 Å². The molecule has 2 rings (SSSR count). The van der Waals surface area contributed by atoms with Crippen LogP contribution >= 0.6 is 0 Å². The van der Waals surface area contributed by atoms with Crippen LogP contribution < -0.4 is 5.32 Å². The van der Waals surface area contributed by atoms with Crippen LogP contribution in [0.1, 0.15) is 29.6 Å². The Kier molecular flexibility index (Phi) is 3.51. The zero-order valence-electron chi connectivity index (χ0n) is 8.91. The number of hydrogen-bond acceptors (Lipinski definition) is 2. The van der Waals surface area contributed by atoms with E-state index in [2.05, 4.69) is 5.32 Å². The average molecular weight is 203 g/mol. The summed E-state index contributed by atoms with van der Waals surface area (Å²) >= 11 is 0. The Morgan fingerprint density at radius 2 is 2.13 bits per heavy atom. The molecule has 0 radical (unpaired) electrons. The third kappa shape index (κ3) is 2.90. The molecule has 0 saturated carbocycles. The molecule has 0 amide bonds. The van der Waals surface area contributed by atoms with Crippen molar-refractivity contribution in [2.24, 2.45) is 5.92 Å². The standard InChI is InChI=1S/C13H17NO/c15-13(12-6-2-1-3-7-12)9-11-5-4-8-14-10-11/h1-3,6-7,11,14H,4-5,8-10H2/t11-/m0/s1. The van der Waals surface area contributed by atoms with Gasteiger partial charge in [0.05, 0.1) is 0 Å². The van der Waals surface area contributed by atoms with Crippen molar-refractivity contribution in [3.8, 4) is 0 Å². The van der Waals surface area contributed by atoms with Crippen LogP contribution in [0.25, 0.3) is 0 Å². The second-order valence-electron chi connectivity index (χ2n) is 4.21.